The zero-order valence-electron chi connectivity index (χ0n) is 10.7. The second kappa shape index (κ2) is 6.55. The van der Waals surface area contributed by atoms with E-state index in [1.807, 2.05) is 13.8 Å². The van der Waals surface area contributed by atoms with Gasteiger partial charge in [-0.25, -0.2) is 4.98 Å². The molecule has 0 fully saturated rings. The van der Waals surface area contributed by atoms with Gasteiger partial charge in [0.05, 0.1) is 6.61 Å². The SMILES string of the molecule is CC(C)COCCOc1cc(C(F)(F)F)nc(N)n1. The van der Waals surface area contributed by atoms with Crippen LogP contribution in [-0.2, 0) is 10.9 Å². The maximum atomic E-state index is 12.5. The summed E-state index contributed by atoms with van der Waals surface area (Å²) in [6, 6.07) is 0.707. The average molecular weight is 279 g/mol. The van der Waals surface area contributed by atoms with Crippen LogP contribution in [0, 0.1) is 5.92 Å². The van der Waals surface area contributed by atoms with Crippen molar-refractivity contribution in [3.63, 3.8) is 0 Å². The fraction of sp³-hybridized carbons (Fsp3) is 0.636. The Morgan fingerprint density at radius 1 is 1.26 bits per heavy atom. The van der Waals surface area contributed by atoms with E-state index in [4.69, 9.17) is 15.2 Å². The highest BCUT2D eigenvalue weighted by atomic mass is 19.4. The van der Waals surface area contributed by atoms with Crippen molar-refractivity contribution in [1.82, 2.24) is 9.97 Å². The highest BCUT2D eigenvalue weighted by Crippen LogP contribution is 2.29. The number of nitrogens with zero attached hydrogens (tertiary/aromatic N) is 2. The summed E-state index contributed by atoms with van der Waals surface area (Å²) in [5, 5.41) is 0. The van der Waals surface area contributed by atoms with Gasteiger partial charge in [0.25, 0.3) is 0 Å². The summed E-state index contributed by atoms with van der Waals surface area (Å²) in [5.41, 5.74) is 4.07. The fourth-order valence-corrected chi connectivity index (χ4v) is 1.19. The number of nitrogen functional groups attached to an aromatic ring is 1. The summed E-state index contributed by atoms with van der Waals surface area (Å²) in [6.07, 6.45) is -4.58. The van der Waals surface area contributed by atoms with Crippen molar-refractivity contribution in [2.24, 2.45) is 5.92 Å². The van der Waals surface area contributed by atoms with E-state index < -0.39 is 17.8 Å². The van der Waals surface area contributed by atoms with Gasteiger partial charge < -0.3 is 15.2 Å². The zero-order chi connectivity index (χ0) is 14.5. The molecular weight excluding hydrogens is 263 g/mol. The molecule has 2 N–H and O–H groups in total. The molecule has 0 amide bonds. The Morgan fingerprint density at radius 2 is 1.95 bits per heavy atom. The highest BCUT2D eigenvalue weighted by molar-refractivity contribution is 5.27. The lowest BCUT2D eigenvalue weighted by Crippen LogP contribution is -2.14. The van der Waals surface area contributed by atoms with Crippen LogP contribution >= 0.6 is 0 Å². The van der Waals surface area contributed by atoms with Crippen LogP contribution in [0.1, 0.15) is 19.5 Å². The van der Waals surface area contributed by atoms with Gasteiger partial charge in [-0.05, 0) is 5.92 Å². The van der Waals surface area contributed by atoms with Gasteiger partial charge >= 0.3 is 6.18 Å². The maximum absolute atomic E-state index is 12.5. The summed E-state index contributed by atoms with van der Waals surface area (Å²) < 4.78 is 47.6. The fourth-order valence-electron chi connectivity index (χ4n) is 1.19. The summed E-state index contributed by atoms with van der Waals surface area (Å²) in [7, 11) is 0. The molecule has 1 aromatic rings. The topological polar surface area (TPSA) is 70.3 Å². The largest absolute Gasteiger partial charge is 0.475 e. The molecule has 108 valence electrons. The summed E-state index contributed by atoms with van der Waals surface area (Å²) in [4.78, 5) is 6.67. The van der Waals surface area contributed by atoms with Gasteiger partial charge in [0.2, 0.25) is 11.8 Å². The first-order valence-electron chi connectivity index (χ1n) is 5.71. The Kier molecular flexibility index (Phi) is 5.34. The second-order valence-electron chi connectivity index (χ2n) is 4.26. The van der Waals surface area contributed by atoms with Crippen LogP contribution in [0.25, 0.3) is 0 Å². The molecule has 0 aromatic carbocycles. The Bertz CT molecular complexity index is 411. The van der Waals surface area contributed by atoms with E-state index in [9.17, 15) is 13.2 Å². The van der Waals surface area contributed by atoms with Gasteiger partial charge in [-0.3, -0.25) is 0 Å². The van der Waals surface area contributed by atoms with E-state index in [1.54, 1.807) is 0 Å². The van der Waals surface area contributed by atoms with Crippen molar-refractivity contribution in [1.29, 1.82) is 0 Å². The minimum Gasteiger partial charge on any atom is -0.475 e. The summed E-state index contributed by atoms with van der Waals surface area (Å²) >= 11 is 0. The molecule has 1 aromatic heterocycles. The van der Waals surface area contributed by atoms with Crippen molar-refractivity contribution >= 4 is 5.95 Å². The summed E-state index contributed by atoms with van der Waals surface area (Å²) in [5.74, 6) is -0.313. The van der Waals surface area contributed by atoms with Gasteiger partial charge in [-0.2, -0.15) is 18.2 Å². The minimum atomic E-state index is -4.58. The van der Waals surface area contributed by atoms with Gasteiger partial charge in [0, 0.05) is 12.7 Å². The molecule has 8 heteroatoms. The Morgan fingerprint density at radius 3 is 2.53 bits per heavy atom. The second-order valence-corrected chi connectivity index (χ2v) is 4.26. The highest BCUT2D eigenvalue weighted by Gasteiger charge is 2.33. The molecule has 1 heterocycles. The van der Waals surface area contributed by atoms with Gasteiger partial charge in [0.15, 0.2) is 5.69 Å². The van der Waals surface area contributed by atoms with Gasteiger partial charge in [0.1, 0.15) is 6.61 Å². The van der Waals surface area contributed by atoms with Crippen LogP contribution in [0.15, 0.2) is 6.07 Å². The lowest BCUT2D eigenvalue weighted by molar-refractivity contribution is -0.141. The first kappa shape index (κ1) is 15.5. The van der Waals surface area contributed by atoms with Crippen LogP contribution in [-0.4, -0.2) is 29.8 Å². The molecule has 0 atom stereocenters. The third-order valence-electron chi connectivity index (χ3n) is 1.94. The number of anilines is 1. The molecule has 0 saturated heterocycles. The van der Waals surface area contributed by atoms with E-state index in [-0.39, 0.29) is 19.1 Å². The predicted molar refractivity (Wildman–Crippen MR) is 62.6 cm³/mol. The van der Waals surface area contributed by atoms with Gasteiger partial charge in [-0.15, -0.1) is 0 Å². The quantitative estimate of drug-likeness (QED) is 0.808. The Hall–Kier alpha value is -1.57. The van der Waals surface area contributed by atoms with Crippen LogP contribution in [0.5, 0.6) is 5.88 Å². The third-order valence-corrected chi connectivity index (χ3v) is 1.94. The van der Waals surface area contributed by atoms with Crippen molar-refractivity contribution in [2.45, 2.75) is 20.0 Å². The number of hydrogen-bond donors (Lipinski definition) is 1. The molecule has 0 saturated carbocycles. The molecule has 19 heavy (non-hydrogen) atoms. The standard InChI is InChI=1S/C11H16F3N3O2/c1-7(2)6-18-3-4-19-9-5-8(11(12,13)14)16-10(15)17-9/h5,7H,3-4,6H2,1-2H3,(H2,15,16,17). The monoisotopic (exact) mass is 279 g/mol. The Labute approximate surface area is 108 Å². The molecule has 0 aliphatic heterocycles. The number of nitrogens with two attached hydrogens (primary N) is 1. The maximum Gasteiger partial charge on any atom is 0.433 e. The first-order chi connectivity index (χ1) is 8.79. The van der Waals surface area contributed by atoms with Crippen LogP contribution < -0.4 is 10.5 Å². The Balaban J connectivity index is 2.52. The zero-order valence-corrected chi connectivity index (χ0v) is 10.7. The van der Waals surface area contributed by atoms with Gasteiger partial charge in [-0.1, -0.05) is 13.8 Å². The number of ether oxygens (including phenoxy) is 2. The van der Waals surface area contributed by atoms with Crippen molar-refractivity contribution in [2.75, 3.05) is 25.6 Å². The number of rotatable bonds is 6. The molecule has 0 aliphatic carbocycles. The smallest absolute Gasteiger partial charge is 0.433 e. The molecule has 5 nitrogen and oxygen atoms in total. The van der Waals surface area contributed by atoms with E-state index in [0.717, 1.165) is 0 Å². The van der Waals surface area contributed by atoms with Crippen LogP contribution in [0.3, 0.4) is 0 Å². The molecule has 0 bridgehead atoms. The molecule has 1 rings (SSSR count). The van der Waals surface area contributed by atoms with E-state index in [1.165, 1.54) is 0 Å². The number of alkyl halides is 3. The first-order valence-corrected chi connectivity index (χ1v) is 5.71. The minimum absolute atomic E-state index is 0.0977. The molecule has 0 aliphatic rings. The summed E-state index contributed by atoms with van der Waals surface area (Å²) in [6.45, 7) is 4.90. The molecular formula is C11H16F3N3O2. The third kappa shape index (κ3) is 5.73. The molecule has 0 unspecified atom stereocenters. The number of aromatic nitrogens is 2. The van der Waals surface area contributed by atoms with Crippen molar-refractivity contribution in [3.8, 4) is 5.88 Å². The average Bonchev–Trinajstić information content (AvgIpc) is 2.26. The van der Waals surface area contributed by atoms with E-state index >= 15 is 0 Å². The van der Waals surface area contributed by atoms with Crippen LogP contribution in [0.4, 0.5) is 19.1 Å². The number of halogens is 3. The van der Waals surface area contributed by atoms with E-state index in [2.05, 4.69) is 9.97 Å². The normalized spacial score (nSPS) is 11.9. The van der Waals surface area contributed by atoms with Crippen molar-refractivity contribution in [3.05, 3.63) is 11.8 Å². The van der Waals surface area contributed by atoms with E-state index in [0.29, 0.717) is 18.6 Å². The van der Waals surface area contributed by atoms with Crippen LogP contribution in [0.2, 0.25) is 0 Å². The number of hydrogen-bond acceptors (Lipinski definition) is 5. The lowest BCUT2D eigenvalue weighted by Gasteiger charge is -2.10. The predicted octanol–water partition coefficient (Wildman–Crippen LogP) is 2.13. The molecule has 0 spiro atoms. The van der Waals surface area contributed by atoms with Crippen molar-refractivity contribution < 1.29 is 22.6 Å². The lowest BCUT2D eigenvalue weighted by atomic mass is 10.2. The molecule has 0 radical (unpaired) electrons.